The van der Waals surface area contributed by atoms with E-state index < -0.39 is 17.0 Å². The second-order valence-corrected chi connectivity index (χ2v) is 7.27. The molecule has 1 unspecified atom stereocenters. The van der Waals surface area contributed by atoms with E-state index in [0.29, 0.717) is 30.4 Å². The van der Waals surface area contributed by atoms with Crippen LogP contribution in [-0.2, 0) is 21.5 Å². The minimum Gasteiger partial charge on any atom is -0.381 e. The van der Waals surface area contributed by atoms with Crippen LogP contribution in [-0.4, -0.2) is 25.2 Å². The Morgan fingerprint density at radius 2 is 1.96 bits per heavy atom. The molecule has 6 heteroatoms. The van der Waals surface area contributed by atoms with Gasteiger partial charge in [0.05, 0.1) is 6.10 Å². The molecule has 4 rings (SSSR count). The molecule has 2 spiro atoms. The van der Waals surface area contributed by atoms with Crippen molar-refractivity contribution in [3.63, 3.8) is 0 Å². The molecule has 2 fully saturated rings. The third kappa shape index (κ3) is 1.77. The lowest BCUT2D eigenvalue weighted by Gasteiger charge is -2.46. The highest BCUT2D eigenvalue weighted by atomic mass is 19.1. The monoisotopic (exact) mass is 332 g/mol. The number of nitrogens with one attached hydrogen (secondary N) is 2. The number of rotatable bonds is 1. The third-order valence-corrected chi connectivity index (χ3v) is 6.24. The molecule has 1 atom stereocenters. The number of ether oxygens (including phenoxy) is 1. The Balaban J connectivity index is 1.91. The molecule has 3 aliphatic rings. The predicted octanol–water partition coefficient (Wildman–Crippen LogP) is 2.30. The van der Waals surface area contributed by atoms with E-state index in [1.54, 1.807) is 13.2 Å². The molecule has 1 aromatic rings. The second kappa shape index (κ2) is 5.02. The zero-order valence-electron chi connectivity index (χ0n) is 13.9. The van der Waals surface area contributed by atoms with Gasteiger partial charge in [-0.2, -0.15) is 0 Å². The molecular weight excluding hydrogens is 311 g/mol. The van der Waals surface area contributed by atoms with Crippen molar-refractivity contribution in [3.8, 4) is 0 Å². The Kier molecular flexibility index (Phi) is 3.26. The first-order valence-electron chi connectivity index (χ1n) is 8.38. The van der Waals surface area contributed by atoms with E-state index in [1.807, 2.05) is 6.92 Å². The fourth-order valence-electron chi connectivity index (χ4n) is 5.11. The van der Waals surface area contributed by atoms with Crippen LogP contribution >= 0.6 is 0 Å². The van der Waals surface area contributed by atoms with Gasteiger partial charge in [0.1, 0.15) is 5.82 Å². The number of halogens is 1. The van der Waals surface area contributed by atoms with Gasteiger partial charge in [-0.05, 0) is 61.8 Å². The van der Waals surface area contributed by atoms with Gasteiger partial charge in [0, 0.05) is 12.5 Å². The van der Waals surface area contributed by atoms with Crippen LogP contribution in [0.4, 0.5) is 9.18 Å². The third-order valence-electron chi connectivity index (χ3n) is 6.24. The maximum Gasteiger partial charge on any atom is 0.322 e. The number of fused-ring (bicyclic) bond motifs is 3. The Labute approximate surface area is 139 Å². The van der Waals surface area contributed by atoms with E-state index in [0.717, 1.165) is 18.4 Å². The van der Waals surface area contributed by atoms with Gasteiger partial charge in [-0.25, -0.2) is 9.18 Å². The van der Waals surface area contributed by atoms with Crippen molar-refractivity contribution in [1.29, 1.82) is 0 Å². The number of carbonyl (C=O) groups is 2. The van der Waals surface area contributed by atoms with E-state index >= 15 is 0 Å². The zero-order chi connectivity index (χ0) is 17.1. The van der Waals surface area contributed by atoms with Gasteiger partial charge in [-0.15, -0.1) is 0 Å². The van der Waals surface area contributed by atoms with Gasteiger partial charge in [0.2, 0.25) is 0 Å². The van der Waals surface area contributed by atoms with Crippen molar-refractivity contribution in [2.75, 3.05) is 7.11 Å². The van der Waals surface area contributed by atoms with Crippen LogP contribution in [0.5, 0.6) is 0 Å². The highest BCUT2D eigenvalue weighted by Crippen LogP contribution is 2.59. The second-order valence-electron chi connectivity index (χ2n) is 7.27. The topological polar surface area (TPSA) is 67.4 Å². The number of methoxy groups -OCH3 is 1. The molecule has 0 bridgehead atoms. The van der Waals surface area contributed by atoms with Crippen LogP contribution < -0.4 is 10.6 Å². The molecule has 2 N–H and O–H groups in total. The zero-order valence-corrected chi connectivity index (χ0v) is 13.9. The Morgan fingerprint density at radius 3 is 2.54 bits per heavy atom. The molecule has 0 radical (unpaired) electrons. The van der Waals surface area contributed by atoms with E-state index in [2.05, 4.69) is 10.6 Å². The summed E-state index contributed by atoms with van der Waals surface area (Å²) in [6.45, 7) is 1.87. The van der Waals surface area contributed by atoms with Gasteiger partial charge in [0.25, 0.3) is 5.91 Å². The lowest BCUT2D eigenvalue weighted by molar-refractivity contribution is -0.131. The van der Waals surface area contributed by atoms with Crippen LogP contribution in [0.1, 0.15) is 42.4 Å². The van der Waals surface area contributed by atoms with Gasteiger partial charge in [-0.3, -0.25) is 10.1 Å². The van der Waals surface area contributed by atoms with Crippen LogP contribution in [0, 0.1) is 18.2 Å². The standard InChI is InChI=1S/C18H21FN2O3/c1-10-3-4-13(19)12-9-17(7-5-11(24-2)6-8-17)18(14(10)12)15(22)20-16(23)21-18/h3-4,11H,5-9H2,1-2H3,(H2,20,21,22,23). The molecule has 24 heavy (non-hydrogen) atoms. The number of urea groups is 1. The lowest BCUT2D eigenvalue weighted by Crippen LogP contribution is -2.57. The number of imide groups is 1. The minimum atomic E-state index is -1.16. The molecule has 1 saturated heterocycles. The van der Waals surface area contributed by atoms with E-state index in [4.69, 9.17) is 4.74 Å². The Morgan fingerprint density at radius 1 is 1.25 bits per heavy atom. The van der Waals surface area contributed by atoms with Crippen molar-refractivity contribution >= 4 is 11.9 Å². The van der Waals surface area contributed by atoms with E-state index in [9.17, 15) is 14.0 Å². The number of benzene rings is 1. The SMILES string of the molecule is COC1CCC2(CC1)Cc1c(F)ccc(C)c1C21NC(=O)NC1=O. The summed E-state index contributed by atoms with van der Waals surface area (Å²) in [6, 6.07) is 2.65. The molecule has 1 aliphatic heterocycles. The van der Waals surface area contributed by atoms with Crippen LogP contribution in [0.25, 0.3) is 0 Å². The van der Waals surface area contributed by atoms with Crippen LogP contribution in [0.2, 0.25) is 0 Å². The molecule has 1 heterocycles. The van der Waals surface area contributed by atoms with Crippen LogP contribution in [0.3, 0.4) is 0 Å². The van der Waals surface area contributed by atoms with Crippen molar-refractivity contribution in [3.05, 3.63) is 34.6 Å². The van der Waals surface area contributed by atoms with Gasteiger partial charge in [0.15, 0.2) is 5.54 Å². The molecule has 1 saturated carbocycles. The molecule has 5 nitrogen and oxygen atoms in total. The molecule has 0 aromatic heterocycles. The van der Waals surface area contributed by atoms with Crippen molar-refractivity contribution in [2.24, 2.45) is 5.41 Å². The summed E-state index contributed by atoms with van der Waals surface area (Å²) in [6.07, 6.45) is 3.66. The minimum absolute atomic E-state index is 0.155. The number of hydrogen-bond acceptors (Lipinski definition) is 3. The maximum atomic E-state index is 14.5. The van der Waals surface area contributed by atoms with Gasteiger partial charge < -0.3 is 10.1 Å². The lowest BCUT2D eigenvalue weighted by atomic mass is 9.61. The maximum absolute atomic E-state index is 14.5. The average Bonchev–Trinajstić information content (AvgIpc) is 3.01. The van der Waals surface area contributed by atoms with Crippen molar-refractivity contribution < 1.29 is 18.7 Å². The first kappa shape index (κ1) is 15.6. The van der Waals surface area contributed by atoms with Crippen molar-refractivity contribution in [1.82, 2.24) is 10.6 Å². The summed E-state index contributed by atoms with van der Waals surface area (Å²) in [7, 11) is 1.69. The Hall–Kier alpha value is -1.95. The van der Waals surface area contributed by atoms with E-state index in [-0.39, 0.29) is 17.8 Å². The molecule has 128 valence electrons. The normalized spacial score (nSPS) is 34.5. The average molecular weight is 332 g/mol. The summed E-state index contributed by atoms with van der Waals surface area (Å²) in [4.78, 5) is 24.9. The largest absolute Gasteiger partial charge is 0.381 e. The number of hydrogen-bond donors (Lipinski definition) is 2. The first-order chi connectivity index (χ1) is 11.4. The van der Waals surface area contributed by atoms with Gasteiger partial charge in [-0.1, -0.05) is 6.07 Å². The van der Waals surface area contributed by atoms with Crippen LogP contribution in [0.15, 0.2) is 12.1 Å². The number of carbonyl (C=O) groups excluding carboxylic acids is 2. The first-order valence-corrected chi connectivity index (χ1v) is 8.38. The molecule has 2 aliphatic carbocycles. The smallest absolute Gasteiger partial charge is 0.322 e. The fourth-order valence-corrected chi connectivity index (χ4v) is 5.11. The number of amides is 3. The van der Waals surface area contributed by atoms with E-state index in [1.165, 1.54) is 6.07 Å². The fraction of sp³-hybridized carbons (Fsp3) is 0.556. The highest BCUT2D eigenvalue weighted by molar-refractivity contribution is 6.09. The molecule has 1 aromatic carbocycles. The predicted molar refractivity (Wildman–Crippen MR) is 84.9 cm³/mol. The van der Waals surface area contributed by atoms with Crippen molar-refractivity contribution in [2.45, 2.75) is 50.7 Å². The highest BCUT2D eigenvalue weighted by Gasteiger charge is 2.67. The molecular formula is C18H21FN2O3. The quantitative estimate of drug-likeness (QED) is 0.776. The summed E-state index contributed by atoms with van der Waals surface area (Å²) in [5.74, 6) is -0.648. The summed E-state index contributed by atoms with van der Waals surface area (Å²) >= 11 is 0. The molecule has 3 amide bonds. The summed E-state index contributed by atoms with van der Waals surface area (Å²) < 4.78 is 20.0. The summed E-state index contributed by atoms with van der Waals surface area (Å²) in [5.41, 5.74) is 0.414. The number of aryl methyl sites for hydroxylation is 1. The summed E-state index contributed by atoms with van der Waals surface area (Å²) in [5, 5.41) is 5.28. The Bertz CT molecular complexity index is 740. The van der Waals surface area contributed by atoms with Gasteiger partial charge >= 0.3 is 6.03 Å².